The molecule has 0 aromatic carbocycles. The number of nitrogens with two attached hydrogens (primary N) is 1. The summed E-state index contributed by atoms with van der Waals surface area (Å²) in [6, 6.07) is 3.33. The van der Waals surface area contributed by atoms with Crippen molar-refractivity contribution in [2.24, 2.45) is 22.1 Å². The van der Waals surface area contributed by atoms with Crippen molar-refractivity contribution in [2.75, 3.05) is 13.1 Å². The lowest BCUT2D eigenvalue weighted by Gasteiger charge is -2.31. The Morgan fingerprint density at radius 1 is 1.32 bits per heavy atom. The zero-order chi connectivity index (χ0) is 18.3. The summed E-state index contributed by atoms with van der Waals surface area (Å²) < 4.78 is 5.39. The van der Waals surface area contributed by atoms with E-state index in [4.69, 9.17) is 10.2 Å². The quantitative estimate of drug-likeness (QED) is 0.497. The minimum Gasteiger partial charge on any atom is -0.454 e. The first-order valence-electron chi connectivity index (χ1n) is 9.35. The number of carbonyl (C=O) groups is 1. The summed E-state index contributed by atoms with van der Waals surface area (Å²) >= 11 is 0. The van der Waals surface area contributed by atoms with Gasteiger partial charge < -0.3 is 20.8 Å². The molecular weight excluding hydrogens is 316 g/mol. The summed E-state index contributed by atoms with van der Waals surface area (Å²) in [7, 11) is 0. The van der Waals surface area contributed by atoms with Gasteiger partial charge in [-0.25, -0.2) is 4.99 Å². The summed E-state index contributed by atoms with van der Waals surface area (Å²) in [6.45, 7) is 8.77. The summed E-state index contributed by atoms with van der Waals surface area (Å²) in [4.78, 5) is 15.7. The molecule has 25 heavy (non-hydrogen) atoms. The van der Waals surface area contributed by atoms with Crippen LogP contribution in [-0.4, -0.2) is 25.0 Å². The zero-order valence-electron chi connectivity index (χ0n) is 15.7. The Balaban J connectivity index is 1.97. The maximum absolute atomic E-state index is 11.1. The molecule has 1 aromatic rings. The Kier molecular flexibility index (Phi) is 6.91. The van der Waals surface area contributed by atoms with E-state index in [-0.39, 0.29) is 5.76 Å². The van der Waals surface area contributed by atoms with Crippen LogP contribution in [0.2, 0.25) is 0 Å². The molecule has 0 aliphatic heterocycles. The summed E-state index contributed by atoms with van der Waals surface area (Å²) in [5.41, 5.74) is 5.59. The molecule has 1 fully saturated rings. The van der Waals surface area contributed by atoms with Crippen LogP contribution < -0.4 is 16.4 Å². The summed E-state index contributed by atoms with van der Waals surface area (Å²) in [6.07, 6.45) is 6.48. The van der Waals surface area contributed by atoms with E-state index in [0.717, 1.165) is 19.0 Å². The highest BCUT2D eigenvalue weighted by molar-refractivity contribution is 5.89. The van der Waals surface area contributed by atoms with Gasteiger partial charge in [0.2, 0.25) is 0 Å². The average Bonchev–Trinajstić information content (AvgIpc) is 3.19. The molecule has 0 spiro atoms. The molecule has 0 atom stereocenters. The number of guanidine groups is 1. The van der Waals surface area contributed by atoms with Gasteiger partial charge in [-0.15, -0.1) is 0 Å². The Morgan fingerprint density at radius 2 is 2.04 bits per heavy atom. The average molecular weight is 348 g/mol. The van der Waals surface area contributed by atoms with Crippen molar-refractivity contribution in [3.63, 3.8) is 0 Å². The van der Waals surface area contributed by atoms with Gasteiger partial charge in [-0.1, -0.05) is 26.7 Å². The monoisotopic (exact) mass is 348 g/mol. The SMILES string of the molecule is CCNC(=NCc1ccc(C(N)=O)o1)NCC1(CC(C)C)CCCC1. The minimum atomic E-state index is -0.558. The standard InChI is InChI=1S/C19H32N4O2/c1-4-21-18(22-12-15-7-8-16(25-15)17(20)24)23-13-19(11-14(2)3)9-5-6-10-19/h7-8,14H,4-6,9-13H2,1-3H3,(H2,20,24)(H2,21,22,23). The number of primary amides is 1. The normalized spacial score (nSPS) is 17.0. The third-order valence-corrected chi connectivity index (χ3v) is 4.78. The summed E-state index contributed by atoms with van der Waals surface area (Å²) in [5, 5.41) is 6.80. The zero-order valence-corrected chi connectivity index (χ0v) is 15.7. The van der Waals surface area contributed by atoms with E-state index in [9.17, 15) is 4.79 Å². The molecule has 2 rings (SSSR count). The first-order chi connectivity index (χ1) is 11.9. The van der Waals surface area contributed by atoms with Crippen molar-refractivity contribution in [2.45, 2.75) is 59.4 Å². The summed E-state index contributed by atoms with van der Waals surface area (Å²) in [5.74, 6) is 1.73. The van der Waals surface area contributed by atoms with Gasteiger partial charge in [-0.2, -0.15) is 0 Å². The lowest BCUT2D eigenvalue weighted by Crippen LogP contribution is -2.43. The van der Waals surface area contributed by atoms with Crippen LogP contribution in [0, 0.1) is 11.3 Å². The van der Waals surface area contributed by atoms with Crippen LogP contribution in [0.3, 0.4) is 0 Å². The van der Waals surface area contributed by atoms with Crippen LogP contribution in [0.4, 0.5) is 0 Å². The van der Waals surface area contributed by atoms with Gasteiger partial charge in [0.15, 0.2) is 11.7 Å². The predicted molar refractivity (Wildman–Crippen MR) is 100 cm³/mol. The number of hydrogen-bond donors (Lipinski definition) is 3. The second kappa shape index (κ2) is 8.92. The molecule has 1 amide bonds. The van der Waals surface area contributed by atoms with E-state index in [1.807, 2.05) is 0 Å². The molecule has 0 radical (unpaired) electrons. The lowest BCUT2D eigenvalue weighted by molar-refractivity contribution is 0.0972. The Labute approximate surface area is 150 Å². The highest BCUT2D eigenvalue weighted by Gasteiger charge is 2.34. The number of aliphatic imine (C=N–C) groups is 1. The van der Waals surface area contributed by atoms with Gasteiger partial charge in [0, 0.05) is 13.1 Å². The molecule has 6 heteroatoms. The number of rotatable bonds is 8. The van der Waals surface area contributed by atoms with E-state index in [0.29, 0.717) is 23.6 Å². The van der Waals surface area contributed by atoms with Crippen LogP contribution in [0.1, 0.15) is 69.2 Å². The van der Waals surface area contributed by atoms with Crippen molar-refractivity contribution in [3.8, 4) is 0 Å². The highest BCUT2D eigenvalue weighted by Crippen LogP contribution is 2.42. The topological polar surface area (TPSA) is 92.6 Å². The minimum absolute atomic E-state index is 0.171. The molecule has 1 aliphatic carbocycles. The van der Waals surface area contributed by atoms with Crippen molar-refractivity contribution in [3.05, 3.63) is 23.7 Å². The largest absolute Gasteiger partial charge is 0.454 e. The fraction of sp³-hybridized carbons (Fsp3) is 0.684. The van der Waals surface area contributed by atoms with Gasteiger partial charge >= 0.3 is 0 Å². The van der Waals surface area contributed by atoms with E-state index < -0.39 is 5.91 Å². The van der Waals surface area contributed by atoms with Gasteiger partial charge in [0.1, 0.15) is 12.3 Å². The molecule has 1 saturated carbocycles. The Hall–Kier alpha value is -1.98. The fourth-order valence-corrected chi connectivity index (χ4v) is 3.81. The third kappa shape index (κ3) is 5.80. The first kappa shape index (κ1) is 19.3. The predicted octanol–water partition coefficient (Wildman–Crippen LogP) is 3.04. The van der Waals surface area contributed by atoms with Gasteiger partial charge in [-0.3, -0.25) is 4.79 Å². The molecule has 0 bridgehead atoms. The van der Waals surface area contributed by atoms with E-state index in [2.05, 4.69) is 36.4 Å². The lowest BCUT2D eigenvalue weighted by atomic mass is 9.78. The Bertz CT molecular complexity index is 586. The number of nitrogens with one attached hydrogen (secondary N) is 2. The molecular formula is C19H32N4O2. The number of amides is 1. The van der Waals surface area contributed by atoms with Gasteiger partial charge in [0.25, 0.3) is 5.91 Å². The van der Waals surface area contributed by atoms with Crippen molar-refractivity contribution >= 4 is 11.9 Å². The van der Waals surface area contributed by atoms with Crippen LogP contribution in [0.25, 0.3) is 0 Å². The second-order valence-corrected chi connectivity index (χ2v) is 7.48. The van der Waals surface area contributed by atoms with E-state index in [1.54, 1.807) is 12.1 Å². The van der Waals surface area contributed by atoms with Gasteiger partial charge in [-0.05, 0) is 49.7 Å². The molecule has 4 N–H and O–H groups in total. The number of carbonyl (C=O) groups excluding carboxylic acids is 1. The number of hydrogen-bond acceptors (Lipinski definition) is 3. The molecule has 0 unspecified atom stereocenters. The first-order valence-corrected chi connectivity index (χ1v) is 9.35. The van der Waals surface area contributed by atoms with Crippen LogP contribution in [0.15, 0.2) is 21.5 Å². The number of nitrogens with zero attached hydrogens (tertiary/aromatic N) is 1. The van der Waals surface area contributed by atoms with Gasteiger partial charge in [0.05, 0.1) is 0 Å². The molecule has 6 nitrogen and oxygen atoms in total. The molecule has 1 heterocycles. The van der Waals surface area contributed by atoms with Crippen LogP contribution >= 0.6 is 0 Å². The molecule has 1 aliphatic rings. The smallest absolute Gasteiger partial charge is 0.284 e. The number of furan rings is 1. The fourth-order valence-electron chi connectivity index (χ4n) is 3.81. The Morgan fingerprint density at radius 3 is 2.60 bits per heavy atom. The highest BCUT2D eigenvalue weighted by atomic mass is 16.3. The maximum atomic E-state index is 11.1. The van der Waals surface area contributed by atoms with Crippen molar-refractivity contribution in [1.82, 2.24) is 10.6 Å². The van der Waals surface area contributed by atoms with E-state index >= 15 is 0 Å². The molecule has 1 aromatic heterocycles. The maximum Gasteiger partial charge on any atom is 0.284 e. The second-order valence-electron chi connectivity index (χ2n) is 7.48. The van der Waals surface area contributed by atoms with E-state index in [1.165, 1.54) is 32.1 Å². The van der Waals surface area contributed by atoms with Crippen molar-refractivity contribution < 1.29 is 9.21 Å². The molecule has 140 valence electrons. The van der Waals surface area contributed by atoms with Crippen LogP contribution in [0.5, 0.6) is 0 Å². The van der Waals surface area contributed by atoms with Crippen LogP contribution in [-0.2, 0) is 6.54 Å². The molecule has 0 saturated heterocycles. The third-order valence-electron chi connectivity index (χ3n) is 4.78. The van der Waals surface area contributed by atoms with Crippen molar-refractivity contribution in [1.29, 1.82) is 0 Å².